The Morgan fingerprint density at radius 3 is 2.21 bits per heavy atom. The topological polar surface area (TPSA) is 20.2 Å². The molecule has 0 aliphatic carbocycles. The highest BCUT2D eigenvalue weighted by molar-refractivity contribution is 6.36. The number of halogens is 2. The summed E-state index contributed by atoms with van der Waals surface area (Å²) in [5, 5.41) is 11.3. The first kappa shape index (κ1) is 14.4. The predicted molar refractivity (Wildman–Crippen MR) is 81.0 cm³/mol. The van der Waals surface area contributed by atoms with Crippen LogP contribution in [0.15, 0.2) is 36.4 Å². The lowest BCUT2D eigenvalue weighted by Gasteiger charge is -2.15. The fraction of sp³-hybridized carbons (Fsp3) is 0.250. The van der Waals surface area contributed by atoms with Crippen LogP contribution in [0.5, 0.6) is 0 Å². The van der Waals surface area contributed by atoms with E-state index < -0.39 is 6.10 Å². The predicted octanol–water partition coefficient (Wildman–Crippen LogP) is 4.89. The third kappa shape index (κ3) is 3.30. The zero-order valence-electron chi connectivity index (χ0n) is 11.0. The number of benzene rings is 2. The average molecular weight is 295 g/mol. The van der Waals surface area contributed by atoms with E-state index in [4.69, 9.17) is 23.2 Å². The molecule has 1 atom stereocenters. The van der Waals surface area contributed by atoms with Crippen LogP contribution in [-0.2, 0) is 6.42 Å². The first-order valence-corrected chi connectivity index (χ1v) is 6.92. The first-order chi connectivity index (χ1) is 8.99. The van der Waals surface area contributed by atoms with Crippen LogP contribution in [0.2, 0.25) is 10.0 Å². The highest BCUT2D eigenvalue weighted by atomic mass is 35.5. The van der Waals surface area contributed by atoms with Crippen molar-refractivity contribution in [1.82, 2.24) is 0 Å². The van der Waals surface area contributed by atoms with Crippen LogP contribution in [0.4, 0.5) is 0 Å². The molecule has 0 bridgehead atoms. The molecule has 1 nitrogen and oxygen atoms in total. The number of aryl methyl sites for hydroxylation is 2. The summed E-state index contributed by atoms with van der Waals surface area (Å²) >= 11 is 12.2. The summed E-state index contributed by atoms with van der Waals surface area (Å²) in [6.45, 7) is 4.13. The van der Waals surface area contributed by atoms with E-state index in [0.29, 0.717) is 22.0 Å². The third-order valence-corrected chi connectivity index (χ3v) is 3.99. The molecule has 0 aromatic heterocycles. The number of aliphatic hydroxyl groups excluding tert-OH is 1. The van der Waals surface area contributed by atoms with Gasteiger partial charge in [-0.15, -0.1) is 0 Å². The van der Waals surface area contributed by atoms with E-state index in [1.165, 1.54) is 11.1 Å². The summed E-state index contributed by atoms with van der Waals surface area (Å²) in [4.78, 5) is 0. The molecule has 0 amide bonds. The Kier molecular flexibility index (Phi) is 4.51. The SMILES string of the molecule is Cc1ccc(CC(O)c2c(Cl)cccc2Cl)cc1C. The molecule has 100 valence electrons. The van der Waals surface area contributed by atoms with Crippen LogP contribution in [-0.4, -0.2) is 5.11 Å². The second-order valence-corrected chi connectivity index (χ2v) is 5.59. The van der Waals surface area contributed by atoms with E-state index in [9.17, 15) is 5.11 Å². The zero-order valence-corrected chi connectivity index (χ0v) is 12.5. The van der Waals surface area contributed by atoms with Crippen molar-refractivity contribution in [1.29, 1.82) is 0 Å². The molecule has 0 aliphatic rings. The zero-order chi connectivity index (χ0) is 14.0. The Bertz CT molecular complexity index is 573. The van der Waals surface area contributed by atoms with Crippen molar-refractivity contribution >= 4 is 23.2 Å². The molecule has 0 radical (unpaired) electrons. The van der Waals surface area contributed by atoms with Crippen molar-refractivity contribution in [3.05, 3.63) is 68.7 Å². The lowest BCUT2D eigenvalue weighted by atomic mass is 9.98. The van der Waals surface area contributed by atoms with Gasteiger partial charge in [-0.25, -0.2) is 0 Å². The van der Waals surface area contributed by atoms with E-state index in [0.717, 1.165) is 5.56 Å². The molecule has 2 aromatic rings. The van der Waals surface area contributed by atoms with Crippen LogP contribution in [0.1, 0.15) is 28.4 Å². The van der Waals surface area contributed by atoms with E-state index in [1.54, 1.807) is 18.2 Å². The quantitative estimate of drug-likeness (QED) is 0.855. The van der Waals surface area contributed by atoms with E-state index in [2.05, 4.69) is 26.0 Å². The standard InChI is InChI=1S/C16H16Cl2O/c1-10-6-7-12(8-11(10)2)9-15(19)16-13(17)4-3-5-14(16)18/h3-8,15,19H,9H2,1-2H3. The fourth-order valence-corrected chi connectivity index (χ4v) is 2.73. The molecule has 0 fully saturated rings. The van der Waals surface area contributed by atoms with Gasteiger partial charge < -0.3 is 5.11 Å². The van der Waals surface area contributed by atoms with Crippen molar-refractivity contribution in [3.63, 3.8) is 0 Å². The average Bonchev–Trinajstić information content (AvgIpc) is 2.33. The largest absolute Gasteiger partial charge is 0.388 e. The van der Waals surface area contributed by atoms with Gasteiger partial charge in [-0.2, -0.15) is 0 Å². The summed E-state index contributed by atoms with van der Waals surface area (Å²) < 4.78 is 0. The van der Waals surface area contributed by atoms with Gasteiger partial charge in [-0.05, 0) is 42.7 Å². The van der Waals surface area contributed by atoms with Gasteiger partial charge in [0, 0.05) is 22.0 Å². The lowest BCUT2D eigenvalue weighted by molar-refractivity contribution is 0.178. The number of hydrogen-bond donors (Lipinski definition) is 1. The highest BCUT2D eigenvalue weighted by Gasteiger charge is 2.16. The highest BCUT2D eigenvalue weighted by Crippen LogP contribution is 2.32. The summed E-state index contributed by atoms with van der Waals surface area (Å²) in [7, 11) is 0. The molecule has 1 unspecified atom stereocenters. The van der Waals surface area contributed by atoms with E-state index in [-0.39, 0.29) is 0 Å². The molecule has 1 N–H and O–H groups in total. The van der Waals surface area contributed by atoms with Crippen molar-refractivity contribution in [3.8, 4) is 0 Å². The Labute approximate surface area is 123 Å². The van der Waals surface area contributed by atoms with Crippen molar-refractivity contribution in [2.24, 2.45) is 0 Å². The maximum Gasteiger partial charge on any atom is 0.0859 e. The van der Waals surface area contributed by atoms with Gasteiger partial charge >= 0.3 is 0 Å². The second kappa shape index (κ2) is 5.96. The van der Waals surface area contributed by atoms with Gasteiger partial charge in [0.05, 0.1) is 6.10 Å². The maximum absolute atomic E-state index is 10.3. The molecular formula is C16H16Cl2O. The van der Waals surface area contributed by atoms with E-state index >= 15 is 0 Å². The summed E-state index contributed by atoms with van der Waals surface area (Å²) in [6, 6.07) is 11.4. The summed E-state index contributed by atoms with van der Waals surface area (Å²) in [5.74, 6) is 0. The van der Waals surface area contributed by atoms with Crippen molar-refractivity contribution < 1.29 is 5.11 Å². The minimum atomic E-state index is -0.691. The molecule has 2 rings (SSSR count). The van der Waals surface area contributed by atoms with Gasteiger partial charge in [0.2, 0.25) is 0 Å². The van der Waals surface area contributed by atoms with Gasteiger partial charge in [0.1, 0.15) is 0 Å². The molecule has 0 saturated heterocycles. The monoisotopic (exact) mass is 294 g/mol. The molecule has 0 saturated carbocycles. The van der Waals surface area contributed by atoms with Crippen LogP contribution in [0.25, 0.3) is 0 Å². The molecule has 2 aromatic carbocycles. The van der Waals surface area contributed by atoms with Crippen LogP contribution in [0.3, 0.4) is 0 Å². The summed E-state index contributed by atoms with van der Waals surface area (Å²) in [5.41, 5.74) is 4.14. The van der Waals surface area contributed by atoms with Gasteiger partial charge in [-0.3, -0.25) is 0 Å². The molecule has 0 spiro atoms. The normalized spacial score (nSPS) is 12.5. The first-order valence-electron chi connectivity index (χ1n) is 6.17. The van der Waals surface area contributed by atoms with Crippen LogP contribution >= 0.6 is 23.2 Å². The van der Waals surface area contributed by atoms with Crippen molar-refractivity contribution in [2.45, 2.75) is 26.4 Å². The summed E-state index contributed by atoms with van der Waals surface area (Å²) in [6.07, 6.45) is -0.187. The lowest BCUT2D eigenvalue weighted by Crippen LogP contribution is -2.04. The second-order valence-electron chi connectivity index (χ2n) is 4.77. The third-order valence-electron chi connectivity index (χ3n) is 3.33. The molecule has 0 heterocycles. The Balaban J connectivity index is 2.25. The fourth-order valence-electron chi connectivity index (χ4n) is 2.08. The van der Waals surface area contributed by atoms with Crippen LogP contribution < -0.4 is 0 Å². The number of hydrogen-bond acceptors (Lipinski definition) is 1. The Morgan fingerprint density at radius 1 is 1.00 bits per heavy atom. The minimum Gasteiger partial charge on any atom is -0.388 e. The van der Waals surface area contributed by atoms with E-state index in [1.807, 2.05) is 6.07 Å². The van der Waals surface area contributed by atoms with Crippen molar-refractivity contribution in [2.75, 3.05) is 0 Å². The van der Waals surface area contributed by atoms with Gasteiger partial charge in [-0.1, -0.05) is 47.5 Å². The van der Waals surface area contributed by atoms with Gasteiger partial charge in [0.15, 0.2) is 0 Å². The molecule has 0 aliphatic heterocycles. The number of rotatable bonds is 3. The molecule has 3 heteroatoms. The Hall–Kier alpha value is -1.02. The molecule has 19 heavy (non-hydrogen) atoms. The van der Waals surface area contributed by atoms with Crippen LogP contribution in [0, 0.1) is 13.8 Å². The molecular weight excluding hydrogens is 279 g/mol. The smallest absolute Gasteiger partial charge is 0.0859 e. The maximum atomic E-state index is 10.3. The number of aliphatic hydroxyl groups is 1. The van der Waals surface area contributed by atoms with Gasteiger partial charge in [0.25, 0.3) is 0 Å². The minimum absolute atomic E-state index is 0.504. The Morgan fingerprint density at radius 2 is 1.63 bits per heavy atom.